The summed E-state index contributed by atoms with van der Waals surface area (Å²) in [7, 11) is 1.45. The topological polar surface area (TPSA) is 113 Å². The summed E-state index contributed by atoms with van der Waals surface area (Å²) in [6.45, 7) is 0. The van der Waals surface area contributed by atoms with E-state index in [-0.39, 0.29) is 29.7 Å². The Kier molecular flexibility index (Phi) is 6.02. The number of carbonyl (C=O) groups excluding carboxylic acids is 4. The molecule has 0 bridgehead atoms. The number of nitrogens with zero attached hydrogens (tertiary/aromatic N) is 1. The Labute approximate surface area is 246 Å². The molecule has 0 radical (unpaired) electrons. The molecule has 212 valence electrons. The summed E-state index contributed by atoms with van der Waals surface area (Å²) in [5.74, 6) is -4.91. The third-order valence-electron chi connectivity index (χ3n) is 9.57. The molecule has 2 heterocycles. The molecule has 7 rings (SSSR count). The van der Waals surface area contributed by atoms with Gasteiger partial charge in [-0.05, 0) is 48.6 Å². The van der Waals surface area contributed by atoms with E-state index >= 15 is 4.79 Å². The Morgan fingerprint density at radius 3 is 2.45 bits per heavy atom. The fourth-order valence-corrected chi connectivity index (χ4v) is 8.12. The van der Waals surface area contributed by atoms with Crippen molar-refractivity contribution in [1.29, 1.82) is 0 Å². The van der Waals surface area contributed by atoms with E-state index < -0.39 is 46.8 Å². The van der Waals surface area contributed by atoms with E-state index in [1.54, 1.807) is 42.5 Å². The minimum Gasteiger partial charge on any atom is -0.504 e. The van der Waals surface area contributed by atoms with E-state index in [0.717, 1.165) is 5.57 Å². The molecule has 4 aliphatic rings. The Balaban J connectivity index is 1.54. The molecule has 6 atom stereocenters. The average Bonchev–Trinajstić information content (AvgIpc) is 3.41. The number of phenolic OH excluding ortho intramolecular Hbond substituents is 1. The van der Waals surface area contributed by atoms with E-state index in [2.05, 4.69) is 5.32 Å². The van der Waals surface area contributed by atoms with Crippen LogP contribution >= 0.6 is 11.6 Å². The van der Waals surface area contributed by atoms with Gasteiger partial charge >= 0.3 is 0 Å². The van der Waals surface area contributed by atoms with Gasteiger partial charge in [0.1, 0.15) is 0 Å². The monoisotopic (exact) mass is 582 g/mol. The predicted molar refractivity (Wildman–Crippen MR) is 154 cm³/mol. The van der Waals surface area contributed by atoms with Crippen LogP contribution in [-0.4, -0.2) is 35.8 Å². The number of methoxy groups -OCH3 is 1. The molecule has 1 saturated carbocycles. The number of anilines is 1. The molecule has 9 heteroatoms. The van der Waals surface area contributed by atoms with Crippen molar-refractivity contribution >= 4 is 40.9 Å². The summed E-state index contributed by atoms with van der Waals surface area (Å²) in [6, 6.07) is 20.9. The molecule has 4 amide bonds. The van der Waals surface area contributed by atoms with Crippen LogP contribution in [0.15, 0.2) is 84.4 Å². The van der Waals surface area contributed by atoms with Crippen molar-refractivity contribution in [2.75, 3.05) is 12.0 Å². The lowest BCUT2D eigenvalue weighted by molar-refractivity contribution is -0.128. The number of amides is 4. The smallest absolute Gasteiger partial charge is 0.246 e. The highest BCUT2D eigenvalue weighted by Gasteiger charge is 2.70. The minimum atomic E-state index is -1.46. The van der Waals surface area contributed by atoms with E-state index in [1.807, 2.05) is 36.4 Å². The number of para-hydroxylation sites is 1. The Morgan fingerprint density at radius 1 is 0.952 bits per heavy atom. The summed E-state index contributed by atoms with van der Waals surface area (Å²) in [4.78, 5) is 56.7. The number of nitrogens with one attached hydrogen (secondary N) is 1. The molecule has 3 fully saturated rings. The molecule has 8 nitrogen and oxygen atoms in total. The van der Waals surface area contributed by atoms with Gasteiger partial charge in [0.25, 0.3) is 0 Å². The lowest BCUT2D eigenvalue weighted by atomic mass is 9.49. The number of aromatic hydroxyl groups is 1. The number of phenols is 1. The van der Waals surface area contributed by atoms with Crippen LogP contribution in [0.3, 0.4) is 0 Å². The van der Waals surface area contributed by atoms with Crippen LogP contribution in [-0.2, 0) is 24.6 Å². The number of fused-ring (bicyclic) bond motifs is 4. The van der Waals surface area contributed by atoms with Gasteiger partial charge in [0.2, 0.25) is 23.6 Å². The SMILES string of the molecule is COc1cccc([C@H]2C3=CC[C@@H]4C(=O)NC(=O)[C@@H]4[C@@H]3C[C@H]3C(=O)N(c4cccc(Cl)c4)C(=O)[C@@]23c2ccccc2)c1O. The lowest BCUT2D eigenvalue weighted by Gasteiger charge is -2.50. The quantitative estimate of drug-likeness (QED) is 0.346. The maximum atomic E-state index is 15.0. The first-order valence-electron chi connectivity index (χ1n) is 13.9. The molecule has 0 aromatic heterocycles. The fourth-order valence-electron chi connectivity index (χ4n) is 7.94. The molecule has 3 aromatic rings. The van der Waals surface area contributed by atoms with Crippen molar-refractivity contribution in [3.05, 3.63) is 101 Å². The Bertz CT molecular complexity index is 1700. The third-order valence-corrected chi connectivity index (χ3v) is 9.81. The molecular weight excluding hydrogens is 556 g/mol. The highest BCUT2D eigenvalue weighted by Crippen LogP contribution is 2.65. The first kappa shape index (κ1) is 26.5. The van der Waals surface area contributed by atoms with Gasteiger partial charge in [-0.25, -0.2) is 4.90 Å². The first-order chi connectivity index (χ1) is 20.3. The number of allylic oxidation sites excluding steroid dienone is 2. The fraction of sp³-hybridized carbons (Fsp3) is 0.273. The van der Waals surface area contributed by atoms with E-state index in [4.69, 9.17) is 16.3 Å². The van der Waals surface area contributed by atoms with Gasteiger partial charge in [0.15, 0.2) is 11.5 Å². The summed E-state index contributed by atoms with van der Waals surface area (Å²) in [5, 5.41) is 14.4. The normalized spacial score (nSPS) is 29.9. The Hall–Kier alpha value is -4.43. The average molecular weight is 583 g/mol. The number of rotatable bonds is 4. The van der Waals surface area contributed by atoms with Crippen molar-refractivity contribution in [2.24, 2.45) is 23.7 Å². The van der Waals surface area contributed by atoms with E-state index in [9.17, 15) is 19.5 Å². The van der Waals surface area contributed by atoms with Crippen LogP contribution in [0.5, 0.6) is 11.5 Å². The number of carbonyl (C=O) groups is 4. The molecule has 2 aliphatic heterocycles. The van der Waals surface area contributed by atoms with Gasteiger partial charge in [-0.3, -0.25) is 24.5 Å². The third kappa shape index (κ3) is 3.48. The summed E-state index contributed by atoms with van der Waals surface area (Å²) >= 11 is 6.31. The van der Waals surface area contributed by atoms with Gasteiger partial charge in [-0.2, -0.15) is 0 Å². The second-order valence-electron chi connectivity index (χ2n) is 11.3. The second kappa shape index (κ2) is 9.56. The van der Waals surface area contributed by atoms with Gasteiger partial charge in [0, 0.05) is 16.5 Å². The van der Waals surface area contributed by atoms with Crippen LogP contribution in [0.1, 0.15) is 29.9 Å². The number of imide groups is 2. The van der Waals surface area contributed by atoms with E-state index in [0.29, 0.717) is 28.3 Å². The van der Waals surface area contributed by atoms with Gasteiger partial charge in [-0.15, -0.1) is 0 Å². The highest BCUT2D eigenvalue weighted by molar-refractivity contribution is 6.32. The lowest BCUT2D eigenvalue weighted by Crippen LogP contribution is -2.53. The number of hydrogen-bond acceptors (Lipinski definition) is 6. The summed E-state index contributed by atoms with van der Waals surface area (Å²) in [6.07, 6.45) is 2.44. The molecule has 42 heavy (non-hydrogen) atoms. The van der Waals surface area contributed by atoms with Gasteiger partial charge in [0.05, 0.1) is 36.0 Å². The van der Waals surface area contributed by atoms with Crippen molar-refractivity contribution < 1.29 is 29.0 Å². The summed E-state index contributed by atoms with van der Waals surface area (Å²) < 4.78 is 5.46. The zero-order chi connectivity index (χ0) is 29.3. The van der Waals surface area contributed by atoms with Gasteiger partial charge in [-0.1, -0.05) is 71.8 Å². The molecule has 2 saturated heterocycles. The number of ether oxygens (including phenoxy) is 1. The van der Waals surface area contributed by atoms with Crippen LogP contribution in [0.4, 0.5) is 5.69 Å². The maximum Gasteiger partial charge on any atom is 0.246 e. The van der Waals surface area contributed by atoms with Crippen LogP contribution in [0.25, 0.3) is 0 Å². The van der Waals surface area contributed by atoms with Crippen molar-refractivity contribution in [3.63, 3.8) is 0 Å². The van der Waals surface area contributed by atoms with Crippen molar-refractivity contribution in [3.8, 4) is 11.5 Å². The largest absolute Gasteiger partial charge is 0.504 e. The Morgan fingerprint density at radius 2 is 1.71 bits per heavy atom. The van der Waals surface area contributed by atoms with Crippen LogP contribution in [0.2, 0.25) is 5.02 Å². The molecule has 3 aromatic carbocycles. The van der Waals surface area contributed by atoms with Gasteiger partial charge < -0.3 is 9.84 Å². The highest BCUT2D eigenvalue weighted by atomic mass is 35.5. The number of halogens is 1. The number of hydrogen-bond donors (Lipinski definition) is 2. The predicted octanol–water partition coefficient (Wildman–Crippen LogP) is 4.50. The van der Waals surface area contributed by atoms with Crippen molar-refractivity contribution in [2.45, 2.75) is 24.2 Å². The molecule has 0 unspecified atom stereocenters. The van der Waals surface area contributed by atoms with Crippen molar-refractivity contribution in [1.82, 2.24) is 5.32 Å². The minimum absolute atomic E-state index is 0.142. The van der Waals surface area contributed by atoms with E-state index in [1.165, 1.54) is 12.0 Å². The maximum absolute atomic E-state index is 15.0. The standard InChI is InChI=1S/C33H27ClN2O6/c1-42-25-12-6-11-22(28(25)37)27-20-13-14-21-26(30(39)35-29(21)38)23(20)16-24-31(40)36(19-10-5-9-18(34)15-19)32(41)33(24,27)17-7-3-2-4-8-17/h2-13,15,21,23-24,26-27,37H,14,16H2,1H3,(H,35,38,39)/t21-,23+,24-,26-,27+,33+/m0/s1. The molecule has 2 N–H and O–H groups in total. The second-order valence-corrected chi connectivity index (χ2v) is 11.8. The van der Waals surface area contributed by atoms with Crippen LogP contribution in [0, 0.1) is 23.7 Å². The summed E-state index contributed by atoms with van der Waals surface area (Å²) in [5.41, 5.74) is 0.687. The van der Waals surface area contributed by atoms with Crippen LogP contribution < -0.4 is 15.0 Å². The molecule has 2 aliphatic carbocycles. The molecular formula is C33H27ClN2O6. The zero-order valence-electron chi connectivity index (χ0n) is 22.6. The first-order valence-corrected chi connectivity index (χ1v) is 14.3. The molecule has 0 spiro atoms. The number of benzene rings is 3. The zero-order valence-corrected chi connectivity index (χ0v) is 23.4.